The third-order valence-corrected chi connectivity index (χ3v) is 5.43. The Morgan fingerprint density at radius 3 is 2.63 bits per heavy atom. The van der Waals surface area contributed by atoms with E-state index < -0.39 is 0 Å². The Bertz CT molecular complexity index is 619. The van der Waals surface area contributed by atoms with Crippen LogP contribution in [-0.2, 0) is 9.47 Å². The number of benzene rings is 1. The van der Waals surface area contributed by atoms with Crippen molar-refractivity contribution in [2.24, 2.45) is 4.99 Å². The van der Waals surface area contributed by atoms with Crippen LogP contribution in [0.5, 0.6) is 5.75 Å². The minimum atomic E-state index is -0.251. The van der Waals surface area contributed by atoms with E-state index in [1.54, 1.807) is 12.1 Å². The Morgan fingerprint density at radius 2 is 1.97 bits per heavy atom. The van der Waals surface area contributed by atoms with E-state index in [0.29, 0.717) is 18.5 Å². The quantitative estimate of drug-likeness (QED) is 0.237. The van der Waals surface area contributed by atoms with Crippen molar-refractivity contribution in [1.82, 2.24) is 10.2 Å². The van der Waals surface area contributed by atoms with Gasteiger partial charge in [-0.3, -0.25) is 4.99 Å². The fourth-order valence-corrected chi connectivity index (χ4v) is 3.74. The van der Waals surface area contributed by atoms with Crippen LogP contribution in [0.2, 0.25) is 0 Å². The molecule has 1 atom stereocenters. The molecule has 6 nitrogen and oxygen atoms in total. The summed E-state index contributed by atoms with van der Waals surface area (Å²) in [6.07, 6.45) is 7.04. The third-order valence-electron chi connectivity index (χ3n) is 5.43. The summed E-state index contributed by atoms with van der Waals surface area (Å²) in [7, 11) is 1.82. The van der Waals surface area contributed by atoms with Gasteiger partial charge < -0.3 is 24.4 Å². The van der Waals surface area contributed by atoms with E-state index in [4.69, 9.17) is 14.2 Å². The van der Waals surface area contributed by atoms with Crippen molar-refractivity contribution in [2.45, 2.75) is 50.7 Å². The highest BCUT2D eigenvalue weighted by molar-refractivity contribution is 14.0. The lowest BCUT2D eigenvalue weighted by Gasteiger charge is -2.35. The molecule has 1 unspecified atom stereocenters. The molecular weight excluding hydrogens is 500 g/mol. The standard InChI is InChI=1S/C22H34FN3O3.HI/c1-24-22(25-12-4-16-27-19-8-6-18(23)7-9-19)26-13-10-20(11-14-26)29-17-21-5-2-3-15-28-21;/h6-9,20-21H,2-5,10-17H2,1H3,(H,24,25);1H. The SMILES string of the molecule is CN=C(NCCCOc1ccc(F)cc1)N1CCC(OCC2CCCCO2)CC1.I. The second kappa shape index (κ2) is 14.0. The summed E-state index contributed by atoms with van der Waals surface area (Å²) >= 11 is 0. The summed E-state index contributed by atoms with van der Waals surface area (Å²) in [6, 6.07) is 6.11. The first-order chi connectivity index (χ1) is 14.2. The maximum absolute atomic E-state index is 12.9. The zero-order valence-corrected chi connectivity index (χ0v) is 20.2. The van der Waals surface area contributed by atoms with Crippen LogP contribution in [0.1, 0.15) is 38.5 Å². The first kappa shape index (κ1) is 25.1. The number of ether oxygens (including phenoxy) is 3. The van der Waals surface area contributed by atoms with Gasteiger partial charge in [0.25, 0.3) is 0 Å². The van der Waals surface area contributed by atoms with Gasteiger partial charge in [-0.25, -0.2) is 4.39 Å². The minimum absolute atomic E-state index is 0. The Kier molecular flexibility index (Phi) is 11.8. The van der Waals surface area contributed by atoms with Crippen molar-refractivity contribution in [1.29, 1.82) is 0 Å². The molecule has 1 N–H and O–H groups in total. The molecule has 2 aliphatic rings. The normalized spacial score (nSPS) is 20.5. The molecule has 0 spiro atoms. The van der Waals surface area contributed by atoms with Crippen molar-refractivity contribution in [3.8, 4) is 5.75 Å². The Morgan fingerprint density at radius 1 is 1.20 bits per heavy atom. The van der Waals surface area contributed by atoms with E-state index in [2.05, 4.69) is 15.2 Å². The van der Waals surface area contributed by atoms with Crippen molar-refractivity contribution >= 4 is 29.9 Å². The molecule has 2 fully saturated rings. The molecule has 0 radical (unpaired) electrons. The zero-order valence-electron chi connectivity index (χ0n) is 17.9. The summed E-state index contributed by atoms with van der Waals surface area (Å²) in [5.41, 5.74) is 0. The largest absolute Gasteiger partial charge is 0.494 e. The molecule has 0 bridgehead atoms. The molecule has 1 aromatic carbocycles. The number of likely N-dealkylation sites (tertiary alicyclic amines) is 1. The molecule has 0 amide bonds. The average Bonchev–Trinajstić information content (AvgIpc) is 2.77. The fourth-order valence-electron chi connectivity index (χ4n) is 3.74. The summed E-state index contributed by atoms with van der Waals surface area (Å²) in [6.45, 7) is 4.86. The van der Waals surface area contributed by atoms with E-state index in [-0.39, 0.29) is 35.9 Å². The molecule has 2 saturated heterocycles. The molecule has 1 aromatic rings. The van der Waals surface area contributed by atoms with Gasteiger partial charge in [-0.15, -0.1) is 24.0 Å². The third kappa shape index (κ3) is 8.55. The topological polar surface area (TPSA) is 55.3 Å². The maximum Gasteiger partial charge on any atom is 0.193 e. The van der Waals surface area contributed by atoms with Crippen LogP contribution in [-0.4, -0.2) is 69.6 Å². The van der Waals surface area contributed by atoms with Gasteiger partial charge in [0.2, 0.25) is 0 Å². The van der Waals surface area contributed by atoms with Crippen LogP contribution in [0.25, 0.3) is 0 Å². The first-order valence-corrected chi connectivity index (χ1v) is 10.8. The zero-order chi connectivity index (χ0) is 20.3. The van der Waals surface area contributed by atoms with Gasteiger partial charge in [0.1, 0.15) is 11.6 Å². The summed E-state index contributed by atoms with van der Waals surface area (Å²) in [4.78, 5) is 6.70. The number of piperidine rings is 1. The van der Waals surface area contributed by atoms with E-state index in [0.717, 1.165) is 64.5 Å². The second-order valence-electron chi connectivity index (χ2n) is 7.64. The molecule has 0 aromatic heterocycles. The molecule has 3 rings (SSSR count). The van der Waals surface area contributed by atoms with Gasteiger partial charge >= 0.3 is 0 Å². The van der Waals surface area contributed by atoms with E-state index in [9.17, 15) is 4.39 Å². The van der Waals surface area contributed by atoms with Crippen LogP contribution >= 0.6 is 24.0 Å². The number of hydrogen-bond acceptors (Lipinski definition) is 4. The molecule has 0 aliphatic carbocycles. The van der Waals surface area contributed by atoms with Gasteiger partial charge in [-0.2, -0.15) is 0 Å². The van der Waals surface area contributed by atoms with E-state index in [1.807, 2.05) is 7.05 Å². The highest BCUT2D eigenvalue weighted by atomic mass is 127. The number of nitrogens with one attached hydrogen (secondary N) is 1. The maximum atomic E-state index is 12.9. The van der Waals surface area contributed by atoms with Gasteiger partial charge in [0, 0.05) is 33.3 Å². The van der Waals surface area contributed by atoms with Gasteiger partial charge in [0.15, 0.2) is 5.96 Å². The van der Waals surface area contributed by atoms with Crippen molar-refractivity contribution in [3.63, 3.8) is 0 Å². The lowest BCUT2D eigenvalue weighted by molar-refractivity contribution is -0.0721. The lowest BCUT2D eigenvalue weighted by atomic mass is 10.1. The molecule has 30 heavy (non-hydrogen) atoms. The summed E-state index contributed by atoms with van der Waals surface area (Å²) in [5, 5.41) is 3.41. The van der Waals surface area contributed by atoms with Crippen molar-refractivity contribution < 1.29 is 18.6 Å². The van der Waals surface area contributed by atoms with Gasteiger partial charge in [-0.05, 0) is 62.8 Å². The molecule has 2 heterocycles. The van der Waals surface area contributed by atoms with Crippen LogP contribution in [0, 0.1) is 5.82 Å². The van der Waals surface area contributed by atoms with Gasteiger partial charge in [-0.1, -0.05) is 0 Å². The molecule has 8 heteroatoms. The van der Waals surface area contributed by atoms with Crippen LogP contribution in [0.4, 0.5) is 4.39 Å². The monoisotopic (exact) mass is 535 g/mol. The van der Waals surface area contributed by atoms with Crippen molar-refractivity contribution in [3.05, 3.63) is 30.1 Å². The summed E-state index contributed by atoms with van der Waals surface area (Å²) in [5.74, 6) is 1.37. The van der Waals surface area contributed by atoms with E-state index >= 15 is 0 Å². The molecule has 2 aliphatic heterocycles. The lowest BCUT2D eigenvalue weighted by Crippen LogP contribution is -2.47. The first-order valence-electron chi connectivity index (χ1n) is 10.8. The number of aliphatic imine (C=N–C) groups is 1. The van der Waals surface area contributed by atoms with Crippen LogP contribution in [0.3, 0.4) is 0 Å². The predicted molar refractivity (Wildman–Crippen MR) is 127 cm³/mol. The fraction of sp³-hybridized carbons (Fsp3) is 0.682. The smallest absolute Gasteiger partial charge is 0.193 e. The number of nitrogens with zero attached hydrogens (tertiary/aromatic N) is 2. The van der Waals surface area contributed by atoms with Crippen molar-refractivity contribution in [2.75, 3.05) is 46.5 Å². The number of guanidine groups is 1. The molecule has 170 valence electrons. The number of rotatable bonds is 8. The van der Waals surface area contributed by atoms with Crippen LogP contribution in [0.15, 0.2) is 29.3 Å². The number of halogens is 2. The summed E-state index contributed by atoms with van der Waals surface area (Å²) < 4.78 is 30.4. The molecule has 0 saturated carbocycles. The van der Waals surface area contributed by atoms with Crippen LogP contribution < -0.4 is 10.1 Å². The second-order valence-corrected chi connectivity index (χ2v) is 7.64. The minimum Gasteiger partial charge on any atom is -0.494 e. The highest BCUT2D eigenvalue weighted by Crippen LogP contribution is 2.18. The van der Waals surface area contributed by atoms with Gasteiger partial charge in [0.05, 0.1) is 25.4 Å². The highest BCUT2D eigenvalue weighted by Gasteiger charge is 2.23. The predicted octanol–water partition coefficient (Wildman–Crippen LogP) is 3.84. The average molecular weight is 535 g/mol. The Hall–Kier alpha value is -1.13. The Labute approximate surface area is 196 Å². The Balaban J connectivity index is 0.00000320. The van der Waals surface area contributed by atoms with E-state index in [1.165, 1.54) is 25.0 Å². The molecular formula is C22H35FIN3O3. The number of hydrogen-bond donors (Lipinski definition) is 1.